The van der Waals surface area contributed by atoms with E-state index in [0.717, 1.165) is 19.3 Å². The molecule has 2 fully saturated rings. The number of carbonyl (C=O) groups is 2. The number of hydrogen-bond acceptors (Lipinski definition) is 2. The number of carboxylic acid groups (broad SMARTS) is 1. The number of carboxylic acids is 1. The van der Waals surface area contributed by atoms with Crippen LogP contribution in [0.3, 0.4) is 0 Å². The van der Waals surface area contributed by atoms with Crippen molar-refractivity contribution >= 4 is 11.9 Å². The van der Waals surface area contributed by atoms with Gasteiger partial charge >= 0.3 is 5.97 Å². The smallest absolute Gasteiger partial charge is 0.308 e. The first-order chi connectivity index (χ1) is 7.02. The van der Waals surface area contributed by atoms with E-state index in [9.17, 15) is 9.59 Å². The van der Waals surface area contributed by atoms with Crippen LogP contribution in [-0.4, -0.2) is 23.0 Å². The molecule has 0 saturated heterocycles. The molecule has 0 unspecified atom stereocenters. The molecule has 2 saturated carbocycles. The first-order valence-electron chi connectivity index (χ1n) is 5.52. The predicted octanol–water partition coefficient (Wildman–Crippen LogP) is 1.16. The molecule has 0 aromatic heterocycles. The molecule has 15 heavy (non-hydrogen) atoms. The highest BCUT2D eigenvalue weighted by molar-refractivity contribution is 5.76. The fourth-order valence-electron chi connectivity index (χ4n) is 2.70. The number of carbonyl (C=O) groups excluding carboxylic acids is 1. The summed E-state index contributed by atoms with van der Waals surface area (Å²) in [5, 5.41) is 11.9. The molecule has 84 valence electrons. The van der Waals surface area contributed by atoms with Gasteiger partial charge in [0.05, 0.1) is 5.92 Å². The van der Waals surface area contributed by atoms with E-state index in [4.69, 9.17) is 5.11 Å². The maximum absolute atomic E-state index is 11.1. The van der Waals surface area contributed by atoms with Gasteiger partial charge in [-0.1, -0.05) is 0 Å². The van der Waals surface area contributed by atoms with E-state index in [1.54, 1.807) is 0 Å². The van der Waals surface area contributed by atoms with Crippen LogP contribution < -0.4 is 5.32 Å². The molecule has 2 atom stereocenters. The Morgan fingerprint density at radius 3 is 2.47 bits per heavy atom. The van der Waals surface area contributed by atoms with Gasteiger partial charge in [-0.05, 0) is 37.5 Å². The minimum Gasteiger partial charge on any atom is -0.481 e. The van der Waals surface area contributed by atoms with Crippen molar-refractivity contribution in [2.24, 2.45) is 11.3 Å². The van der Waals surface area contributed by atoms with Gasteiger partial charge in [0.15, 0.2) is 0 Å². The van der Waals surface area contributed by atoms with Crippen molar-refractivity contribution in [3.63, 3.8) is 0 Å². The Bertz CT molecular complexity index is 296. The average molecular weight is 211 g/mol. The monoisotopic (exact) mass is 211 g/mol. The third-order valence-electron chi connectivity index (χ3n) is 3.79. The summed E-state index contributed by atoms with van der Waals surface area (Å²) < 4.78 is 0. The van der Waals surface area contributed by atoms with Gasteiger partial charge in [-0.15, -0.1) is 0 Å². The molecule has 0 radical (unpaired) electrons. The van der Waals surface area contributed by atoms with Crippen LogP contribution in [0, 0.1) is 11.3 Å². The first kappa shape index (κ1) is 10.5. The lowest BCUT2D eigenvalue weighted by Crippen LogP contribution is -2.46. The highest BCUT2D eigenvalue weighted by Crippen LogP contribution is 2.57. The number of hydrogen-bond donors (Lipinski definition) is 2. The van der Waals surface area contributed by atoms with E-state index >= 15 is 0 Å². The highest BCUT2D eigenvalue weighted by atomic mass is 16.4. The molecule has 0 bridgehead atoms. The van der Waals surface area contributed by atoms with E-state index < -0.39 is 5.97 Å². The second-order valence-electron chi connectivity index (χ2n) is 4.99. The molecule has 2 aliphatic rings. The van der Waals surface area contributed by atoms with Gasteiger partial charge in [0.2, 0.25) is 5.91 Å². The van der Waals surface area contributed by atoms with E-state index in [1.165, 1.54) is 19.8 Å². The molecule has 1 spiro atoms. The summed E-state index contributed by atoms with van der Waals surface area (Å²) in [4.78, 5) is 22.1. The summed E-state index contributed by atoms with van der Waals surface area (Å²) in [7, 11) is 0. The molecule has 0 aliphatic heterocycles. The fourth-order valence-corrected chi connectivity index (χ4v) is 2.70. The molecule has 0 heterocycles. The first-order valence-corrected chi connectivity index (χ1v) is 5.52. The van der Waals surface area contributed by atoms with Crippen LogP contribution in [-0.2, 0) is 9.59 Å². The van der Waals surface area contributed by atoms with Crippen molar-refractivity contribution < 1.29 is 14.7 Å². The molecule has 4 nitrogen and oxygen atoms in total. The third-order valence-corrected chi connectivity index (χ3v) is 3.79. The van der Waals surface area contributed by atoms with Crippen LogP contribution in [0.5, 0.6) is 0 Å². The standard InChI is InChI=1S/C11H17NO3/c1-7(13)12-9-2-3-11(4-5-11)6-8(9)10(14)15/h8-9H,2-6H2,1H3,(H,12,13)(H,14,15)/t8-,9+/m0/s1. The molecular weight excluding hydrogens is 194 g/mol. The van der Waals surface area contributed by atoms with E-state index in [0.29, 0.717) is 5.41 Å². The molecule has 2 aliphatic carbocycles. The zero-order valence-corrected chi connectivity index (χ0v) is 8.95. The van der Waals surface area contributed by atoms with Crippen molar-refractivity contribution in [1.29, 1.82) is 0 Å². The number of nitrogens with one attached hydrogen (secondary N) is 1. The van der Waals surface area contributed by atoms with Crippen molar-refractivity contribution in [3.8, 4) is 0 Å². The Hall–Kier alpha value is -1.06. The van der Waals surface area contributed by atoms with Gasteiger partial charge in [-0.25, -0.2) is 0 Å². The highest BCUT2D eigenvalue weighted by Gasteiger charge is 2.50. The number of amides is 1. The van der Waals surface area contributed by atoms with Gasteiger partial charge in [-0.2, -0.15) is 0 Å². The fraction of sp³-hybridized carbons (Fsp3) is 0.818. The molecule has 0 aromatic rings. The van der Waals surface area contributed by atoms with E-state index in [2.05, 4.69) is 5.32 Å². The van der Waals surface area contributed by atoms with Crippen LogP contribution in [0.4, 0.5) is 0 Å². The SMILES string of the molecule is CC(=O)N[C@@H]1CCC2(CC2)C[C@@H]1C(=O)O. The zero-order chi connectivity index (χ0) is 11.1. The molecular formula is C11H17NO3. The maximum atomic E-state index is 11.1. The largest absolute Gasteiger partial charge is 0.481 e. The summed E-state index contributed by atoms with van der Waals surface area (Å²) in [5.41, 5.74) is 0.317. The summed E-state index contributed by atoms with van der Waals surface area (Å²) in [6.45, 7) is 1.44. The molecule has 2 N–H and O–H groups in total. The lowest BCUT2D eigenvalue weighted by Gasteiger charge is -2.34. The summed E-state index contributed by atoms with van der Waals surface area (Å²) in [6.07, 6.45) is 4.97. The number of rotatable bonds is 2. The van der Waals surface area contributed by atoms with Crippen molar-refractivity contribution in [3.05, 3.63) is 0 Å². The topological polar surface area (TPSA) is 66.4 Å². The zero-order valence-electron chi connectivity index (χ0n) is 8.95. The van der Waals surface area contributed by atoms with Crippen LogP contribution in [0.25, 0.3) is 0 Å². The maximum Gasteiger partial charge on any atom is 0.308 e. The summed E-state index contributed by atoms with van der Waals surface area (Å²) in [5.74, 6) is -1.28. The molecule has 2 rings (SSSR count). The van der Waals surface area contributed by atoms with Gasteiger partial charge in [0.25, 0.3) is 0 Å². The third kappa shape index (κ3) is 2.13. The van der Waals surface area contributed by atoms with Gasteiger partial charge < -0.3 is 10.4 Å². The van der Waals surface area contributed by atoms with E-state index in [-0.39, 0.29) is 17.9 Å². The van der Waals surface area contributed by atoms with Crippen molar-refractivity contribution in [1.82, 2.24) is 5.32 Å². The van der Waals surface area contributed by atoms with Crippen LogP contribution >= 0.6 is 0 Å². The minimum absolute atomic E-state index is 0.127. The Balaban J connectivity index is 2.03. The van der Waals surface area contributed by atoms with Crippen LogP contribution in [0.15, 0.2) is 0 Å². The molecule has 0 aromatic carbocycles. The second-order valence-corrected chi connectivity index (χ2v) is 4.99. The molecule has 4 heteroatoms. The Labute approximate surface area is 89.0 Å². The average Bonchev–Trinajstić information content (AvgIpc) is 2.88. The quantitative estimate of drug-likeness (QED) is 0.720. The lowest BCUT2D eigenvalue weighted by atomic mass is 9.76. The Kier molecular flexibility index (Phi) is 2.44. The van der Waals surface area contributed by atoms with Gasteiger partial charge in [-0.3, -0.25) is 9.59 Å². The minimum atomic E-state index is -0.764. The van der Waals surface area contributed by atoms with Crippen LogP contribution in [0.1, 0.15) is 39.0 Å². The van der Waals surface area contributed by atoms with Crippen molar-refractivity contribution in [2.45, 2.75) is 45.1 Å². The predicted molar refractivity (Wildman–Crippen MR) is 54.2 cm³/mol. The second kappa shape index (κ2) is 3.51. The summed E-state index contributed by atoms with van der Waals surface area (Å²) >= 11 is 0. The normalized spacial score (nSPS) is 32.3. The van der Waals surface area contributed by atoms with Crippen LogP contribution in [0.2, 0.25) is 0 Å². The van der Waals surface area contributed by atoms with E-state index in [1.807, 2.05) is 0 Å². The molecule has 1 amide bonds. The lowest BCUT2D eigenvalue weighted by molar-refractivity contribution is -0.145. The van der Waals surface area contributed by atoms with Crippen molar-refractivity contribution in [2.75, 3.05) is 0 Å². The summed E-state index contributed by atoms with van der Waals surface area (Å²) in [6, 6.07) is -0.161. The van der Waals surface area contributed by atoms with Gasteiger partial charge in [0.1, 0.15) is 0 Å². The number of aliphatic carboxylic acids is 1. The van der Waals surface area contributed by atoms with Gasteiger partial charge in [0, 0.05) is 13.0 Å². The Morgan fingerprint density at radius 1 is 1.33 bits per heavy atom. The Morgan fingerprint density at radius 2 is 2.00 bits per heavy atom.